The summed E-state index contributed by atoms with van der Waals surface area (Å²) in [6, 6.07) is 11.6. The lowest BCUT2D eigenvalue weighted by molar-refractivity contribution is 0.299. The molecule has 0 saturated carbocycles. The third kappa shape index (κ3) is 4.16. The van der Waals surface area contributed by atoms with Gasteiger partial charge in [0.25, 0.3) is 0 Å². The molecular formula is C16H20N2O2. The molecule has 1 heterocycles. The average molecular weight is 272 g/mol. The molecule has 0 aliphatic rings. The zero-order valence-corrected chi connectivity index (χ0v) is 11.9. The minimum absolute atomic E-state index is 0.495. The van der Waals surface area contributed by atoms with E-state index in [4.69, 9.17) is 9.47 Å². The molecule has 0 fully saturated rings. The molecule has 0 spiro atoms. The molecule has 0 aliphatic carbocycles. The van der Waals surface area contributed by atoms with Crippen molar-refractivity contribution in [2.75, 3.05) is 18.5 Å². The van der Waals surface area contributed by atoms with Crippen LogP contribution in [0.1, 0.15) is 19.4 Å². The van der Waals surface area contributed by atoms with Crippen molar-refractivity contribution < 1.29 is 9.47 Å². The first-order chi connectivity index (χ1) is 9.81. The van der Waals surface area contributed by atoms with Gasteiger partial charge in [-0.05, 0) is 32.0 Å². The summed E-state index contributed by atoms with van der Waals surface area (Å²) in [5.41, 5.74) is 1.04. The molecule has 2 aromatic rings. The highest BCUT2D eigenvalue weighted by atomic mass is 16.5. The van der Waals surface area contributed by atoms with Crippen LogP contribution in [-0.4, -0.2) is 18.1 Å². The number of anilines is 1. The zero-order valence-electron chi connectivity index (χ0n) is 11.9. The zero-order chi connectivity index (χ0) is 14.2. The molecule has 20 heavy (non-hydrogen) atoms. The van der Waals surface area contributed by atoms with Gasteiger partial charge in [0.1, 0.15) is 23.9 Å². The monoisotopic (exact) mass is 272 g/mol. The minimum atomic E-state index is 0.495. The van der Waals surface area contributed by atoms with Crippen molar-refractivity contribution in [3.8, 4) is 11.5 Å². The van der Waals surface area contributed by atoms with Gasteiger partial charge in [0.2, 0.25) is 0 Å². The van der Waals surface area contributed by atoms with E-state index in [0.29, 0.717) is 13.2 Å². The maximum absolute atomic E-state index is 5.74. The van der Waals surface area contributed by atoms with Gasteiger partial charge in [0.15, 0.2) is 0 Å². The van der Waals surface area contributed by atoms with Crippen LogP contribution in [0.5, 0.6) is 11.5 Å². The van der Waals surface area contributed by atoms with E-state index in [1.807, 2.05) is 56.4 Å². The highest BCUT2D eigenvalue weighted by Crippen LogP contribution is 2.20. The van der Waals surface area contributed by atoms with Crippen molar-refractivity contribution in [2.24, 2.45) is 0 Å². The Labute approximate surface area is 119 Å². The summed E-state index contributed by atoms with van der Waals surface area (Å²) in [5.74, 6) is 2.51. The SMILES string of the molecule is CCNc1ccc(COc2cccc(OCC)c2)cn1. The van der Waals surface area contributed by atoms with E-state index in [-0.39, 0.29) is 0 Å². The number of rotatable bonds is 7. The molecule has 0 radical (unpaired) electrons. The van der Waals surface area contributed by atoms with E-state index in [1.54, 1.807) is 0 Å². The molecule has 0 amide bonds. The normalized spacial score (nSPS) is 10.1. The van der Waals surface area contributed by atoms with Gasteiger partial charge >= 0.3 is 0 Å². The van der Waals surface area contributed by atoms with Gasteiger partial charge in [-0.15, -0.1) is 0 Å². The van der Waals surface area contributed by atoms with Gasteiger partial charge in [-0.25, -0.2) is 4.98 Å². The van der Waals surface area contributed by atoms with Gasteiger partial charge in [0.05, 0.1) is 6.61 Å². The van der Waals surface area contributed by atoms with Crippen LogP contribution in [0.2, 0.25) is 0 Å². The van der Waals surface area contributed by atoms with Gasteiger partial charge in [0, 0.05) is 24.4 Å². The van der Waals surface area contributed by atoms with Crippen LogP contribution in [-0.2, 0) is 6.61 Å². The molecular weight excluding hydrogens is 252 g/mol. The molecule has 4 heteroatoms. The molecule has 106 valence electrons. The molecule has 0 aliphatic heterocycles. The van der Waals surface area contributed by atoms with Gasteiger partial charge in [-0.3, -0.25) is 0 Å². The summed E-state index contributed by atoms with van der Waals surface area (Å²) >= 11 is 0. The minimum Gasteiger partial charge on any atom is -0.494 e. The van der Waals surface area contributed by atoms with Crippen LogP contribution in [0.3, 0.4) is 0 Å². The molecule has 1 aromatic carbocycles. The largest absolute Gasteiger partial charge is 0.494 e. The Morgan fingerprint density at radius 1 is 1.05 bits per heavy atom. The maximum atomic E-state index is 5.74. The van der Waals surface area contributed by atoms with Crippen LogP contribution < -0.4 is 14.8 Å². The Balaban J connectivity index is 1.92. The topological polar surface area (TPSA) is 43.4 Å². The number of hydrogen-bond acceptors (Lipinski definition) is 4. The van der Waals surface area contributed by atoms with Crippen molar-refractivity contribution in [2.45, 2.75) is 20.5 Å². The van der Waals surface area contributed by atoms with Gasteiger partial charge in [-0.1, -0.05) is 12.1 Å². The number of nitrogens with one attached hydrogen (secondary N) is 1. The van der Waals surface area contributed by atoms with Crippen molar-refractivity contribution in [3.63, 3.8) is 0 Å². The molecule has 4 nitrogen and oxygen atoms in total. The van der Waals surface area contributed by atoms with E-state index < -0.39 is 0 Å². The van der Waals surface area contributed by atoms with Crippen LogP contribution in [0, 0.1) is 0 Å². The van der Waals surface area contributed by atoms with Gasteiger partial charge < -0.3 is 14.8 Å². The molecule has 1 N–H and O–H groups in total. The number of nitrogens with zero attached hydrogens (tertiary/aromatic N) is 1. The van der Waals surface area contributed by atoms with Crippen molar-refractivity contribution in [1.29, 1.82) is 0 Å². The predicted octanol–water partition coefficient (Wildman–Crippen LogP) is 3.49. The summed E-state index contributed by atoms with van der Waals surface area (Å²) in [7, 11) is 0. The highest BCUT2D eigenvalue weighted by Gasteiger charge is 1.99. The fourth-order valence-electron chi connectivity index (χ4n) is 1.78. The third-order valence-corrected chi connectivity index (χ3v) is 2.70. The van der Waals surface area contributed by atoms with Crippen LogP contribution in [0.4, 0.5) is 5.82 Å². The van der Waals surface area contributed by atoms with E-state index in [1.165, 1.54) is 0 Å². The first-order valence-corrected chi connectivity index (χ1v) is 6.86. The third-order valence-electron chi connectivity index (χ3n) is 2.70. The molecule has 0 bridgehead atoms. The lowest BCUT2D eigenvalue weighted by atomic mass is 10.3. The maximum Gasteiger partial charge on any atom is 0.125 e. The fourth-order valence-corrected chi connectivity index (χ4v) is 1.78. The Hall–Kier alpha value is -2.23. The second-order valence-corrected chi connectivity index (χ2v) is 4.28. The smallest absolute Gasteiger partial charge is 0.125 e. The molecule has 0 saturated heterocycles. The predicted molar refractivity (Wildman–Crippen MR) is 80.3 cm³/mol. The quantitative estimate of drug-likeness (QED) is 0.838. The number of aromatic nitrogens is 1. The number of ether oxygens (including phenoxy) is 2. The first-order valence-electron chi connectivity index (χ1n) is 6.86. The summed E-state index contributed by atoms with van der Waals surface area (Å²) in [6.45, 7) is 6.02. The van der Waals surface area contributed by atoms with E-state index in [9.17, 15) is 0 Å². The van der Waals surface area contributed by atoms with Crippen molar-refractivity contribution in [3.05, 3.63) is 48.2 Å². The number of hydrogen-bond donors (Lipinski definition) is 1. The number of benzene rings is 1. The van der Waals surface area contributed by atoms with Crippen molar-refractivity contribution >= 4 is 5.82 Å². The average Bonchev–Trinajstić information content (AvgIpc) is 2.48. The second kappa shape index (κ2) is 7.38. The lowest BCUT2D eigenvalue weighted by Crippen LogP contribution is -2.01. The van der Waals surface area contributed by atoms with Crippen LogP contribution in [0.25, 0.3) is 0 Å². The standard InChI is InChI=1S/C16H20N2O2/c1-3-17-16-9-8-13(11-18-16)12-20-15-7-5-6-14(10-15)19-4-2/h5-11H,3-4,12H2,1-2H3,(H,17,18). The Morgan fingerprint density at radius 3 is 2.50 bits per heavy atom. The second-order valence-electron chi connectivity index (χ2n) is 4.28. The van der Waals surface area contributed by atoms with Crippen LogP contribution in [0.15, 0.2) is 42.6 Å². The highest BCUT2D eigenvalue weighted by molar-refractivity contribution is 5.36. The van der Waals surface area contributed by atoms with Crippen LogP contribution >= 0.6 is 0 Å². The van der Waals surface area contributed by atoms with Gasteiger partial charge in [-0.2, -0.15) is 0 Å². The fraction of sp³-hybridized carbons (Fsp3) is 0.312. The number of pyridine rings is 1. The summed E-state index contributed by atoms with van der Waals surface area (Å²) in [4.78, 5) is 4.31. The summed E-state index contributed by atoms with van der Waals surface area (Å²) in [6.07, 6.45) is 1.82. The Kier molecular flexibility index (Phi) is 5.24. The lowest BCUT2D eigenvalue weighted by Gasteiger charge is -2.09. The summed E-state index contributed by atoms with van der Waals surface area (Å²) < 4.78 is 11.2. The van der Waals surface area contributed by atoms with Crippen molar-refractivity contribution in [1.82, 2.24) is 4.98 Å². The van der Waals surface area contributed by atoms with E-state index >= 15 is 0 Å². The molecule has 2 rings (SSSR count). The summed E-state index contributed by atoms with van der Waals surface area (Å²) in [5, 5.41) is 3.16. The van der Waals surface area contributed by atoms with E-state index in [0.717, 1.165) is 29.4 Å². The van der Waals surface area contributed by atoms with E-state index in [2.05, 4.69) is 10.3 Å². The molecule has 0 atom stereocenters. The first kappa shape index (κ1) is 14.2. The Bertz CT molecular complexity index is 526. The molecule has 1 aromatic heterocycles. The Morgan fingerprint density at radius 2 is 1.85 bits per heavy atom. The molecule has 0 unspecified atom stereocenters.